The van der Waals surface area contributed by atoms with Crippen LogP contribution in [0.25, 0.3) is 0 Å². The Kier molecular flexibility index (Phi) is 9.20. The largest absolute Gasteiger partial charge is 0.481 e. The summed E-state index contributed by atoms with van der Waals surface area (Å²) < 4.78 is 9.09. The molecule has 0 unspecified atom stereocenters. The van der Waals surface area contributed by atoms with Crippen molar-refractivity contribution in [2.45, 2.75) is 12.8 Å². The van der Waals surface area contributed by atoms with Crippen molar-refractivity contribution in [2.24, 2.45) is 0 Å². The van der Waals surface area contributed by atoms with Gasteiger partial charge in [-0.25, -0.2) is 4.79 Å². The third-order valence-corrected chi connectivity index (χ3v) is 1.55. The van der Waals surface area contributed by atoms with Gasteiger partial charge in [0.05, 0.1) is 12.8 Å². The number of carbonyl (C=O) groups excluding carboxylic acids is 2. The van der Waals surface area contributed by atoms with Crippen LogP contribution in [0.15, 0.2) is 12.7 Å². The number of hydrogen-bond acceptors (Lipinski definition) is 6. The van der Waals surface area contributed by atoms with Crippen molar-refractivity contribution in [3.63, 3.8) is 0 Å². The third kappa shape index (κ3) is 14.1. The van der Waals surface area contributed by atoms with Crippen molar-refractivity contribution in [3.8, 4) is 0 Å². The van der Waals surface area contributed by atoms with Crippen molar-refractivity contribution < 1.29 is 29.0 Å². The second kappa shape index (κ2) is 10.3. The Bertz CT molecular complexity index is 297. The molecule has 0 aromatic rings. The summed E-state index contributed by atoms with van der Waals surface area (Å²) in [5, 5.41) is 11.3. The minimum atomic E-state index is -1.06. The fraction of sp³-hybridized carbons (Fsp3) is 0.545. The van der Waals surface area contributed by atoms with Crippen molar-refractivity contribution in [2.75, 3.05) is 26.3 Å². The van der Waals surface area contributed by atoms with Crippen LogP contribution < -0.4 is 5.32 Å². The summed E-state index contributed by atoms with van der Waals surface area (Å²) in [5.74, 6) is -2.30. The zero-order valence-corrected chi connectivity index (χ0v) is 10.0. The summed E-state index contributed by atoms with van der Waals surface area (Å²) in [4.78, 5) is 31.4. The van der Waals surface area contributed by atoms with Gasteiger partial charge in [-0.3, -0.25) is 9.59 Å². The first-order chi connectivity index (χ1) is 8.56. The SMILES string of the molecule is C1CN1.C=CC(=O)OCCOC(=O)CCC(=O)O. The zero-order valence-electron chi connectivity index (χ0n) is 10.0. The molecule has 0 spiro atoms. The summed E-state index contributed by atoms with van der Waals surface area (Å²) in [6.07, 6.45) is 0.530. The lowest BCUT2D eigenvalue weighted by Crippen LogP contribution is -2.13. The summed E-state index contributed by atoms with van der Waals surface area (Å²) in [6, 6.07) is 0. The summed E-state index contributed by atoms with van der Waals surface area (Å²) in [5.41, 5.74) is 0. The van der Waals surface area contributed by atoms with Crippen molar-refractivity contribution in [1.29, 1.82) is 0 Å². The first-order valence-electron chi connectivity index (χ1n) is 5.43. The monoisotopic (exact) mass is 259 g/mol. The van der Waals surface area contributed by atoms with Gasteiger partial charge in [0.2, 0.25) is 0 Å². The molecular formula is C11H17NO6. The van der Waals surface area contributed by atoms with E-state index in [2.05, 4.69) is 21.4 Å². The lowest BCUT2D eigenvalue weighted by Gasteiger charge is -2.03. The van der Waals surface area contributed by atoms with Gasteiger partial charge in [-0.15, -0.1) is 0 Å². The maximum atomic E-state index is 10.8. The molecule has 1 saturated heterocycles. The Morgan fingerprint density at radius 2 is 1.72 bits per heavy atom. The lowest BCUT2D eigenvalue weighted by atomic mass is 10.3. The fourth-order valence-electron chi connectivity index (χ4n) is 0.638. The molecule has 0 saturated carbocycles. The number of carbonyl (C=O) groups is 3. The molecule has 1 aliphatic heterocycles. The van der Waals surface area contributed by atoms with Gasteiger partial charge in [-0.1, -0.05) is 6.58 Å². The second-order valence-electron chi connectivity index (χ2n) is 3.24. The van der Waals surface area contributed by atoms with E-state index < -0.39 is 17.9 Å². The fourth-order valence-corrected chi connectivity index (χ4v) is 0.638. The summed E-state index contributed by atoms with van der Waals surface area (Å²) in [7, 11) is 0. The lowest BCUT2D eigenvalue weighted by molar-refractivity contribution is -0.151. The zero-order chi connectivity index (χ0) is 13.8. The number of esters is 2. The van der Waals surface area contributed by atoms with Crippen LogP contribution >= 0.6 is 0 Å². The van der Waals surface area contributed by atoms with E-state index in [0.717, 1.165) is 6.08 Å². The second-order valence-corrected chi connectivity index (χ2v) is 3.24. The Hall–Kier alpha value is -1.89. The Morgan fingerprint density at radius 3 is 2.17 bits per heavy atom. The molecule has 0 bridgehead atoms. The summed E-state index contributed by atoms with van der Waals surface area (Å²) >= 11 is 0. The first-order valence-corrected chi connectivity index (χ1v) is 5.43. The highest BCUT2D eigenvalue weighted by molar-refractivity contribution is 5.81. The molecule has 0 radical (unpaired) electrons. The molecule has 0 aromatic carbocycles. The van der Waals surface area contributed by atoms with Crippen LogP contribution in [0.4, 0.5) is 0 Å². The van der Waals surface area contributed by atoms with Gasteiger partial charge in [-0.2, -0.15) is 0 Å². The van der Waals surface area contributed by atoms with E-state index in [0.29, 0.717) is 0 Å². The van der Waals surface area contributed by atoms with Crippen LogP contribution in [0, 0.1) is 0 Å². The first kappa shape index (κ1) is 16.1. The molecule has 0 amide bonds. The molecule has 0 aromatic heterocycles. The molecule has 2 N–H and O–H groups in total. The van der Waals surface area contributed by atoms with E-state index in [9.17, 15) is 14.4 Å². The van der Waals surface area contributed by atoms with E-state index in [1.165, 1.54) is 13.1 Å². The number of hydrogen-bond donors (Lipinski definition) is 2. The number of ether oxygens (including phenoxy) is 2. The molecule has 1 rings (SSSR count). The third-order valence-electron chi connectivity index (χ3n) is 1.55. The highest BCUT2D eigenvalue weighted by Gasteiger charge is 2.06. The van der Waals surface area contributed by atoms with Crippen LogP contribution in [0.5, 0.6) is 0 Å². The molecule has 0 aliphatic carbocycles. The average Bonchev–Trinajstić information content (AvgIpc) is 3.19. The average molecular weight is 259 g/mol. The van der Waals surface area contributed by atoms with Gasteiger partial charge in [-0.05, 0) is 0 Å². The molecule has 1 fully saturated rings. The smallest absolute Gasteiger partial charge is 0.330 e. The predicted octanol–water partition coefficient (Wildman–Crippen LogP) is -0.287. The van der Waals surface area contributed by atoms with E-state index >= 15 is 0 Å². The highest BCUT2D eigenvalue weighted by atomic mass is 16.6. The maximum absolute atomic E-state index is 10.8. The molecule has 1 aliphatic rings. The van der Waals surface area contributed by atoms with Crippen molar-refractivity contribution in [3.05, 3.63) is 12.7 Å². The van der Waals surface area contributed by atoms with Crippen LogP contribution in [0.3, 0.4) is 0 Å². The molecule has 1 heterocycles. The molecule has 18 heavy (non-hydrogen) atoms. The van der Waals surface area contributed by atoms with Crippen LogP contribution in [0.2, 0.25) is 0 Å². The molecule has 0 atom stereocenters. The van der Waals surface area contributed by atoms with Crippen molar-refractivity contribution >= 4 is 17.9 Å². The van der Waals surface area contributed by atoms with Gasteiger partial charge in [0.15, 0.2) is 0 Å². The Morgan fingerprint density at radius 1 is 1.17 bits per heavy atom. The predicted molar refractivity (Wildman–Crippen MR) is 61.9 cm³/mol. The molecule has 102 valence electrons. The maximum Gasteiger partial charge on any atom is 0.330 e. The molecule has 7 heteroatoms. The van der Waals surface area contributed by atoms with E-state index in [1.807, 2.05) is 0 Å². The minimum absolute atomic E-state index is 0.0658. The standard InChI is InChI=1S/C9H12O6.C2H5N/c1-2-8(12)14-5-6-15-9(13)4-3-7(10)11;1-2-3-1/h2H,1,3-6H2,(H,10,11);3H,1-2H2. The minimum Gasteiger partial charge on any atom is -0.481 e. The van der Waals surface area contributed by atoms with Gasteiger partial charge >= 0.3 is 17.9 Å². The number of carboxylic acids is 1. The van der Waals surface area contributed by atoms with E-state index in [4.69, 9.17) is 5.11 Å². The number of nitrogens with one attached hydrogen (secondary N) is 1. The molecule has 7 nitrogen and oxygen atoms in total. The van der Waals surface area contributed by atoms with Gasteiger partial charge in [0, 0.05) is 19.2 Å². The van der Waals surface area contributed by atoms with Gasteiger partial charge < -0.3 is 19.9 Å². The topological polar surface area (TPSA) is 112 Å². The Balaban J connectivity index is 0.000000827. The number of aliphatic carboxylic acids is 1. The van der Waals surface area contributed by atoms with Gasteiger partial charge in [0.25, 0.3) is 0 Å². The van der Waals surface area contributed by atoms with E-state index in [1.54, 1.807) is 0 Å². The van der Waals surface area contributed by atoms with Crippen LogP contribution in [0.1, 0.15) is 12.8 Å². The normalized spacial score (nSPS) is 11.6. The van der Waals surface area contributed by atoms with Crippen LogP contribution in [-0.2, 0) is 23.9 Å². The quantitative estimate of drug-likeness (QED) is 0.279. The number of carboxylic acid groups (broad SMARTS) is 1. The summed E-state index contributed by atoms with van der Waals surface area (Å²) in [6.45, 7) is 5.52. The van der Waals surface area contributed by atoms with E-state index in [-0.39, 0.29) is 26.1 Å². The highest BCUT2D eigenvalue weighted by Crippen LogP contribution is 1.93. The Labute approximate surface area is 105 Å². The molecular weight excluding hydrogens is 242 g/mol. The van der Waals surface area contributed by atoms with Gasteiger partial charge in [0.1, 0.15) is 13.2 Å². The van der Waals surface area contributed by atoms with Crippen molar-refractivity contribution in [1.82, 2.24) is 5.32 Å². The van der Waals surface area contributed by atoms with Crippen LogP contribution in [-0.4, -0.2) is 49.3 Å². The number of rotatable bonds is 7.